The molecule has 0 aliphatic heterocycles. The Hall–Kier alpha value is -2.30. The van der Waals surface area contributed by atoms with E-state index in [-0.39, 0.29) is 18.3 Å². The van der Waals surface area contributed by atoms with E-state index in [2.05, 4.69) is 5.10 Å². The van der Waals surface area contributed by atoms with Crippen molar-refractivity contribution in [3.8, 4) is 5.75 Å². The third-order valence-corrected chi connectivity index (χ3v) is 3.04. The van der Waals surface area contributed by atoms with Crippen molar-refractivity contribution >= 4 is 5.97 Å². The number of nitrogens with zero attached hydrogens (tertiary/aromatic N) is 2. The molecule has 1 aromatic heterocycles. The summed E-state index contributed by atoms with van der Waals surface area (Å²) >= 11 is 0. The highest BCUT2D eigenvalue weighted by atomic mass is 16.5. The van der Waals surface area contributed by atoms with Gasteiger partial charge < -0.3 is 9.84 Å². The number of hydrogen-bond acceptors (Lipinski definition) is 3. The van der Waals surface area contributed by atoms with E-state index in [4.69, 9.17) is 4.74 Å². The normalized spacial score (nSPS) is 10.8. The van der Waals surface area contributed by atoms with E-state index in [9.17, 15) is 9.90 Å². The van der Waals surface area contributed by atoms with Gasteiger partial charge in [0.25, 0.3) is 0 Å². The third-order valence-electron chi connectivity index (χ3n) is 3.04. The van der Waals surface area contributed by atoms with Crippen LogP contribution in [0.4, 0.5) is 0 Å². The monoisotopic (exact) mass is 274 g/mol. The molecule has 0 atom stereocenters. The molecule has 1 aromatic carbocycles. The topological polar surface area (TPSA) is 64.4 Å². The summed E-state index contributed by atoms with van der Waals surface area (Å²) < 4.78 is 7.19. The molecule has 0 aliphatic carbocycles. The van der Waals surface area contributed by atoms with Crippen LogP contribution < -0.4 is 4.74 Å². The fourth-order valence-corrected chi connectivity index (χ4v) is 2.00. The number of aromatic carboxylic acids is 1. The van der Waals surface area contributed by atoms with Crippen molar-refractivity contribution in [2.24, 2.45) is 0 Å². The standard InChI is InChI=1S/C15H18N2O3/c1-10(2)17-14(15(18)19)12(8-16-17)9-20-13-7-5-4-6-11(13)3/h4-8,10H,9H2,1-3H3,(H,18,19). The van der Waals surface area contributed by atoms with Gasteiger partial charge in [-0.2, -0.15) is 5.10 Å². The Morgan fingerprint density at radius 3 is 2.70 bits per heavy atom. The number of ether oxygens (including phenoxy) is 1. The number of para-hydroxylation sites is 1. The zero-order valence-electron chi connectivity index (χ0n) is 11.8. The minimum atomic E-state index is -0.986. The second-order valence-electron chi connectivity index (χ2n) is 4.92. The lowest BCUT2D eigenvalue weighted by atomic mass is 10.2. The number of carboxylic acids is 1. The molecular weight excluding hydrogens is 256 g/mol. The average molecular weight is 274 g/mol. The minimum Gasteiger partial charge on any atom is -0.488 e. The van der Waals surface area contributed by atoms with Crippen LogP contribution in [0.3, 0.4) is 0 Å². The number of carbonyl (C=O) groups is 1. The molecule has 5 heteroatoms. The molecule has 5 nitrogen and oxygen atoms in total. The molecule has 1 heterocycles. The van der Waals surface area contributed by atoms with Crippen LogP contribution in [0.5, 0.6) is 5.75 Å². The van der Waals surface area contributed by atoms with Crippen LogP contribution in [0.2, 0.25) is 0 Å². The molecule has 2 rings (SSSR count). The molecule has 0 saturated heterocycles. The molecule has 0 saturated carbocycles. The largest absolute Gasteiger partial charge is 0.488 e. The van der Waals surface area contributed by atoms with Crippen molar-refractivity contribution in [1.29, 1.82) is 0 Å². The molecular formula is C15H18N2O3. The molecule has 0 amide bonds. The van der Waals surface area contributed by atoms with Gasteiger partial charge in [0.15, 0.2) is 5.69 Å². The molecule has 106 valence electrons. The number of carboxylic acid groups (broad SMARTS) is 1. The summed E-state index contributed by atoms with van der Waals surface area (Å²) in [5.74, 6) is -0.235. The van der Waals surface area contributed by atoms with Crippen LogP contribution in [0, 0.1) is 6.92 Å². The third kappa shape index (κ3) is 2.82. The molecule has 0 fully saturated rings. The Morgan fingerprint density at radius 2 is 2.10 bits per heavy atom. The SMILES string of the molecule is Cc1ccccc1OCc1cnn(C(C)C)c1C(=O)O. The van der Waals surface area contributed by atoms with E-state index >= 15 is 0 Å². The first-order chi connectivity index (χ1) is 9.50. The van der Waals surface area contributed by atoms with Crippen LogP contribution in [0.25, 0.3) is 0 Å². The Morgan fingerprint density at radius 1 is 1.40 bits per heavy atom. The first-order valence-corrected chi connectivity index (χ1v) is 6.48. The summed E-state index contributed by atoms with van der Waals surface area (Å²) in [6.45, 7) is 5.93. The minimum absolute atomic E-state index is 0.00619. The van der Waals surface area contributed by atoms with Gasteiger partial charge in [0.2, 0.25) is 0 Å². The number of rotatable bonds is 5. The lowest BCUT2D eigenvalue weighted by Gasteiger charge is -2.10. The van der Waals surface area contributed by atoms with Crippen LogP contribution in [-0.2, 0) is 6.61 Å². The van der Waals surface area contributed by atoms with Gasteiger partial charge in [-0.25, -0.2) is 4.79 Å². The second kappa shape index (κ2) is 5.77. The van der Waals surface area contributed by atoms with Crippen LogP contribution in [0.15, 0.2) is 30.5 Å². The molecule has 20 heavy (non-hydrogen) atoms. The highest BCUT2D eigenvalue weighted by Crippen LogP contribution is 2.20. The summed E-state index contributed by atoms with van der Waals surface area (Å²) in [5.41, 5.74) is 1.78. The van der Waals surface area contributed by atoms with Crippen molar-refractivity contribution in [3.05, 3.63) is 47.3 Å². The Labute approximate surface area is 117 Å². The van der Waals surface area contributed by atoms with E-state index in [1.54, 1.807) is 6.20 Å². The van der Waals surface area contributed by atoms with Gasteiger partial charge in [-0.3, -0.25) is 4.68 Å². The Balaban J connectivity index is 2.22. The van der Waals surface area contributed by atoms with Gasteiger partial charge in [0.1, 0.15) is 12.4 Å². The predicted octanol–water partition coefficient (Wildman–Crippen LogP) is 3.05. The van der Waals surface area contributed by atoms with Gasteiger partial charge in [0, 0.05) is 11.6 Å². The summed E-state index contributed by atoms with van der Waals surface area (Å²) in [5, 5.41) is 13.4. The second-order valence-corrected chi connectivity index (χ2v) is 4.92. The number of aryl methyl sites for hydroxylation is 1. The number of benzene rings is 1. The predicted molar refractivity (Wildman–Crippen MR) is 75.1 cm³/mol. The molecule has 0 bridgehead atoms. The summed E-state index contributed by atoms with van der Waals surface area (Å²) in [6.07, 6.45) is 1.56. The van der Waals surface area contributed by atoms with E-state index < -0.39 is 5.97 Å². The molecule has 0 spiro atoms. The van der Waals surface area contributed by atoms with Crippen molar-refractivity contribution in [2.75, 3.05) is 0 Å². The van der Waals surface area contributed by atoms with Crippen molar-refractivity contribution in [2.45, 2.75) is 33.4 Å². The first kappa shape index (κ1) is 14.1. The van der Waals surface area contributed by atoms with Gasteiger partial charge >= 0.3 is 5.97 Å². The highest BCUT2D eigenvalue weighted by molar-refractivity contribution is 5.87. The van der Waals surface area contributed by atoms with E-state index in [0.717, 1.165) is 11.3 Å². The van der Waals surface area contributed by atoms with Crippen molar-refractivity contribution < 1.29 is 14.6 Å². The quantitative estimate of drug-likeness (QED) is 0.910. The Bertz CT molecular complexity index is 617. The van der Waals surface area contributed by atoms with Gasteiger partial charge in [-0.05, 0) is 32.4 Å². The summed E-state index contributed by atoms with van der Waals surface area (Å²) in [7, 11) is 0. The highest BCUT2D eigenvalue weighted by Gasteiger charge is 2.19. The van der Waals surface area contributed by atoms with E-state index in [1.807, 2.05) is 45.0 Å². The van der Waals surface area contributed by atoms with E-state index in [1.165, 1.54) is 4.68 Å². The van der Waals surface area contributed by atoms with E-state index in [0.29, 0.717) is 5.56 Å². The summed E-state index contributed by atoms with van der Waals surface area (Å²) in [6, 6.07) is 7.63. The van der Waals surface area contributed by atoms with Crippen LogP contribution in [0.1, 0.15) is 41.5 Å². The van der Waals surface area contributed by atoms with Gasteiger partial charge in [-0.1, -0.05) is 18.2 Å². The smallest absolute Gasteiger partial charge is 0.354 e. The van der Waals surface area contributed by atoms with Crippen LogP contribution >= 0.6 is 0 Å². The maximum absolute atomic E-state index is 11.4. The maximum Gasteiger partial charge on any atom is 0.354 e. The molecule has 0 unspecified atom stereocenters. The molecule has 2 aromatic rings. The lowest BCUT2D eigenvalue weighted by Crippen LogP contribution is -2.14. The number of hydrogen-bond donors (Lipinski definition) is 1. The van der Waals surface area contributed by atoms with Gasteiger partial charge in [0.05, 0.1) is 6.20 Å². The lowest BCUT2D eigenvalue weighted by molar-refractivity contribution is 0.0678. The fraction of sp³-hybridized carbons (Fsp3) is 0.333. The van der Waals surface area contributed by atoms with Crippen molar-refractivity contribution in [3.63, 3.8) is 0 Å². The maximum atomic E-state index is 11.4. The number of aromatic nitrogens is 2. The molecule has 0 radical (unpaired) electrons. The summed E-state index contributed by atoms with van der Waals surface area (Å²) in [4.78, 5) is 11.4. The molecule has 1 N–H and O–H groups in total. The fourth-order valence-electron chi connectivity index (χ4n) is 2.00. The molecule has 0 aliphatic rings. The Kier molecular flexibility index (Phi) is 4.08. The zero-order valence-corrected chi connectivity index (χ0v) is 11.8. The average Bonchev–Trinajstić information content (AvgIpc) is 2.82. The van der Waals surface area contributed by atoms with Crippen molar-refractivity contribution in [1.82, 2.24) is 9.78 Å². The zero-order chi connectivity index (χ0) is 14.7. The first-order valence-electron chi connectivity index (χ1n) is 6.48. The van der Waals surface area contributed by atoms with Crippen LogP contribution in [-0.4, -0.2) is 20.9 Å². The van der Waals surface area contributed by atoms with Gasteiger partial charge in [-0.15, -0.1) is 0 Å².